The van der Waals surface area contributed by atoms with Crippen molar-refractivity contribution in [2.45, 2.75) is 24.9 Å². The maximum Gasteiger partial charge on any atom is 0.255 e. The van der Waals surface area contributed by atoms with Crippen LogP contribution < -0.4 is 0 Å². The minimum absolute atomic E-state index is 0.0277. The van der Waals surface area contributed by atoms with E-state index < -0.39 is 0 Å². The Morgan fingerprint density at radius 1 is 1.16 bits per heavy atom. The highest BCUT2D eigenvalue weighted by Crippen LogP contribution is 2.40. The predicted molar refractivity (Wildman–Crippen MR) is 118 cm³/mol. The van der Waals surface area contributed by atoms with Crippen LogP contribution in [0.3, 0.4) is 0 Å². The number of aromatic nitrogens is 5. The molecular formula is C23H21ClN6O2. The number of fused-ring (bicyclic) bond motifs is 2. The van der Waals surface area contributed by atoms with E-state index in [2.05, 4.69) is 32.6 Å². The lowest BCUT2D eigenvalue weighted by molar-refractivity contribution is 0.00837. The van der Waals surface area contributed by atoms with Crippen molar-refractivity contribution in [1.29, 1.82) is 0 Å². The van der Waals surface area contributed by atoms with Crippen LogP contribution in [0.4, 0.5) is 0 Å². The smallest absolute Gasteiger partial charge is 0.255 e. The molecule has 0 aliphatic carbocycles. The van der Waals surface area contributed by atoms with Gasteiger partial charge in [-0.25, -0.2) is 0 Å². The van der Waals surface area contributed by atoms with Crippen LogP contribution in [0.5, 0.6) is 0 Å². The van der Waals surface area contributed by atoms with Gasteiger partial charge in [-0.05, 0) is 34.9 Å². The molecule has 2 aliphatic rings. The number of aryl methyl sites for hydroxylation is 1. The summed E-state index contributed by atoms with van der Waals surface area (Å²) in [7, 11) is 1.88. The number of nitrogens with zero attached hydrogens (tertiary/aromatic N) is 5. The molecule has 1 atom stereocenters. The quantitative estimate of drug-likeness (QED) is 0.505. The van der Waals surface area contributed by atoms with Crippen LogP contribution in [-0.2, 0) is 24.8 Å². The average Bonchev–Trinajstić information content (AvgIpc) is 3.41. The maximum absolute atomic E-state index is 13.5. The van der Waals surface area contributed by atoms with E-state index in [0.29, 0.717) is 23.9 Å². The number of nitrogens with one attached hydrogen (secondary N) is 1. The first-order valence-corrected chi connectivity index (χ1v) is 10.9. The van der Waals surface area contributed by atoms with Crippen molar-refractivity contribution < 1.29 is 9.53 Å². The van der Waals surface area contributed by atoms with Gasteiger partial charge in [0.25, 0.3) is 5.91 Å². The Morgan fingerprint density at radius 3 is 2.75 bits per heavy atom. The zero-order chi connectivity index (χ0) is 21.8. The fourth-order valence-corrected chi connectivity index (χ4v) is 4.87. The highest BCUT2D eigenvalue weighted by molar-refractivity contribution is 6.31. The zero-order valence-electron chi connectivity index (χ0n) is 17.5. The van der Waals surface area contributed by atoms with Crippen molar-refractivity contribution in [1.82, 2.24) is 30.1 Å². The van der Waals surface area contributed by atoms with Gasteiger partial charge in [-0.3, -0.25) is 9.48 Å². The van der Waals surface area contributed by atoms with E-state index in [1.807, 2.05) is 36.2 Å². The van der Waals surface area contributed by atoms with Crippen LogP contribution in [0.25, 0.3) is 11.0 Å². The number of carbonyl (C=O) groups is 1. The average molecular weight is 449 g/mol. The van der Waals surface area contributed by atoms with Crippen LogP contribution in [0.2, 0.25) is 5.02 Å². The number of halogens is 1. The summed E-state index contributed by atoms with van der Waals surface area (Å²) in [6.07, 6.45) is 2.24. The Bertz CT molecular complexity index is 1320. The van der Waals surface area contributed by atoms with Gasteiger partial charge in [-0.1, -0.05) is 29.8 Å². The predicted octanol–water partition coefficient (Wildman–Crippen LogP) is 3.40. The molecule has 0 spiro atoms. The summed E-state index contributed by atoms with van der Waals surface area (Å²) < 4.78 is 7.17. The monoisotopic (exact) mass is 448 g/mol. The molecule has 2 aromatic carbocycles. The lowest BCUT2D eigenvalue weighted by Crippen LogP contribution is -2.29. The summed E-state index contributed by atoms with van der Waals surface area (Å²) in [5.41, 5.74) is 6.50. The second-order valence-electron chi connectivity index (χ2n) is 8.44. The number of hydrogen-bond acceptors (Lipinski definition) is 5. The highest BCUT2D eigenvalue weighted by Gasteiger charge is 2.38. The zero-order valence-corrected chi connectivity index (χ0v) is 18.2. The van der Waals surface area contributed by atoms with Crippen molar-refractivity contribution in [2.75, 3.05) is 13.2 Å². The second kappa shape index (κ2) is 7.43. The molecule has 0 saturated carbocycles. The fraction of sp³-hybridized carbons (Fsp3) is 0.304. The number of rotatable bonds is 5. The standard InChI is InChI=1S/C23H21ClN6O2/c1-29-22(18(24)9-25-29)8-21-17-7-14(15-11-32-12-15)3-4-16(17)23(31)30(21)10-13-2-5-19-20(6-13)27-28-26-19/h2-7,9,15,21H,8,10-12H2,1H3,(H,26,27,28). The largest absolute Gasteiger partial charge is 0.380 e. The van der Waals surface area contributed by atoms with Crippen LogP contribution in [0, 0.1) is 0 Å². The molecule has 1 saturated heterocycles. The Morgan fingerprint density at radius 2 is 2.00 bits per heavy atom. The third-order valence-corrected chi connectivity index (χ3v) is 6.86. The lowest BCUT2D eigenvalue weighted by Gasteiger charge is -2.28. The highest BCUT2D eigenvalue weighted by atomic mass is 35.5. The van der Waals surface area contributed by atoms with Gasteiger partial charge in [-0.2, -0.15) is 20.5 Å². The lowest BCUT2D eigenvalue weighted by atomic mass is 9.91. The van der Waals surface area contributed by atoms with Crippen molar-refractivity contribution >= 4 is 28.5 Å². The van der Waals surface area contributed by atoms with Gasteiger partial charge in [0.05, 0.1) is 36.2 Å². The van der Waals surface area contributed by atoms with E-state index in [4.69, 9.17) is 16.3 Å². The number of amides is 1. The van der Waals surface area contributed by atoms with Crippen LogP contribution in [0.1, 0.15) is 44.7 Å². The van der Waals surface area contributed by atoms with E-state index >= 15 is 0 Å². The Balaban J connectivity index is 1.40. The van der Waals surface area contributed by atoms with Crippen molar-refractivity contribution in [2.24, 2.45) is 7.05 Å². The van der Waals surface area contributed by atoms with Gasteiger partial charge in [0.15, 0.2) is 0 Å². The molecule has 1 fully saturated rings. The first kappa shape index (κ1) is 19.5. The molecule has 4 heterocycles. The Labute approximate surface area is 189 Å². The number of H-pyrrole nitrogens is 1. The normalized spacial score (nSPS) is 18.4. The molecule has 32 heavy (non-hydrogen) atoms. The topological polar surface area (TPSA) is 88.9 Å². The van der Waals surface area contributed by atoms with Crippen LogP contribution in [-0.4, -0.2) is 49.2 Å². The second-order valence-corrected chi connectivity index (χ2v) is 8.85. The van der Waals surface area contributed by atoms with Crippen molar-refractivity contribution in [3.05, 3.63) is 75.6 Å². The van der Waals surface area contributed by atoms with E-state index in [1.54, 1.807) is 10.9 Å². The van der Waals surface area contributed by atoms with Gasteiger partial charge in [0, 0.05) is 31.5 Å². The first-order chi connectivity index (χ1) is 15.6. The molecule has 1 unspecified atom stereocenters. The van der Waals surface area contributed by atoms with Gasteiger partial charge in [0.1, 0.15) is 11.0 Å². The van der Waals surface area contributed by atoms with E-state index in [1.165, 1.54) is 5.56 Å². The van der Waals surface area contributed by atoms with Crippen molar-refractivity contribution in [3.8, 4) is 0 Å². The molecule has 2 aromatic heterocycles. The van der Waals surface area contributed by atoms with Gasteiger partial charge in [-0.15, -0.1) is 0 Å². The summed E-state index contributed by atoms with van der Waals surface area (Å²) in [5, 5.41) is 15.8. The first-order valence-electron chi connectivity index (χ1n) is 10.6. The van der Waals surface area contributed by atoms with E-state index in [0.717, 1.165) is 46.6 Å². The third-order valence-electron chi connectivity index (χ3n) is 6.54. The molecule has 0 bridgehead atoms. The summed E-state index contributed by atoms with van der Waals surface area (Å²) >= 11 is 6.44. The number of ether oxygens (including phenoxy) is 1. The molecule has 9 heteroatoms. The fourth-order valence-electron chi connectivity index (χ4n) is 4.63. The summed E-state index contributed by atoms with van der Waals surface area (Å²) in [4.78, 5) is 15.4. The SMILES string of the molecule is Cn1ncc(Cl)c1CC1c2cc(C3COC3)ccc2C(=O)N1Cc1ccc2n[nH]nc2c1. The molecule has 8 nitrogen and oxygen atoms in total. The maximum atomic E-state index is 13.5. The van der Waals surface area contributed by atoms with Crippen LogP contribution in [0.15, 0.2) is 42.6 Å². The van der Waals surface area contributed by atoms with Gasteiger partial charge >= 0.3 is 0 Å². The molecule has 4 aromatic rings. The van der Waals surface area contributed by atoms with Gasteiger partial charge in [0.2, 0.25) is 0 Å². The Kier molecular flexibility index (Phi) is 4.51. The van der Waals surface area contributed by atoms with E-state index in [9.17, 15) is 4.79 Å². The number of aromatic amines is 1. The summed E-state index contributed by atoms with van der Waals surface area (Å²) in [5.74, 6) is 0.417. The molecular weight excluding hydrogens is 428 g/mol. The minimum atomic E-state index is -0.139. The molecule has 6 rings (SSSR count). The molecule has 2 aliphatic heterocycles. The Hall–Kier alpha value is -3.23. The minimum Gasteiger partial charge on any atom is -0.380 e. The van der Waals surface area contributed by atoms with Crippen molar-refractivity contribution in [3.63, 3.8) is 0 Å². The molecule has 1 N–H and O–H groups in total. The summed E-state index contributed by atoms with van der Waals surface area (Å²) in [6, 6.07) is 11.9. The van der Waals surface area contributed by atoms with E-state index in [-0.39, 0.29) is 11.9 Å². The molecule has 1 amide bonds. The van der Waals surface area contributed by atoms with Gasteiger partial charge < -0.3 is 9.64 Å². The third kappa shape index (κ3) is 3.10. The number of benzene rings is 2. The van der Waals surface area contributed by atoms with Crippen LogP contribution >= 0.6 is 11.6 Å². The summed E-state index contributed by atoms with van der Waals surface area (Å²) in [6.45, 7) is 1.93. The molecule has 162 valence electrons. The number of carbonyl (C=O) groups excluding carboxylic acids is 1. The number of hydrogen-bond donors (Lipinski definition) is 1. The molecule has 0 radical (unpaired) electrons.